The maximum Gasteiger partial charge on any atom is 1.00 e. The Labute approximate surface area is 59.7 Å². The second-order valence-corrected chi connectivity index (χ2v) is 2.51. The summed E-state index contributed by atoms with van der Waals surface area (Å²) in [5, 5.41) is 0. The topological polar surface area (TPSA) is 57.5 Å². The molecule has 0 atom stereocenters. The first-order chi connectivity index (χ1) is 2.00. The van der Waals surface area contributed by atoms with Crippen LogP contribution in [-0.4, -0.2) is 16.5 Å². The Hall–Kier alpha value is 1.15. The van der Waals surface area contributed by atoms with Crippen molar-refractivity contribution in [3.8, 4) is 0 Å². The second-order valence-electron chi connectivity index (χ2n) is 0.835. The monoisotopic (exact) mass is 120 g/mol. The van der Waals surface area contributed by atoms with Crippen molar-refractivity contribution >= 4 is 7.60 Å². The maximum absolute atomic E-state index is 9.33. The standard InChI is InChI=1S/CH5O3P.Na.H/c1-5(2,3)4;;/h1H3,(H2,2,3,4);;/q;+1;-1. The number of rotatable bonds is 0. The third kappa shape index (κ3) is 67.1. The van der Waals surface area contributed by atoms with Crippen molar-refractivity contribution in [3.63, 3.8) is 0 Å². The summed E-state index contributed by atoms with van der Waals surface area (Å²) in [6.07, 6.45) is 0. The van der Waals surface area contributed by atoms with Gasteiger partial charge in [0.15, 0.2) is 0 Å². The third-order valence-corrected chi connectivity index (χ3v) is 0. The van der Waals surface area contributed by atoms with Gasteiger partial charge >= 0.3 is 37.2 Å². The molecule has 0 saturated carbocycles. The van der Waals surface area contributed by atoms with Gasteiger partial charge < -0.3 is 11.2 Å². The molecular weight excluding hydrogens is 114 g/mol. The van der Waals surface area contributed by atoms with E-state index >= 15 is 0 Å². The minimum absolute atomic E-state index is 0. The van der Waals surface area contributed by atoms with Crippen molar-refractivity contribution in [2.24, 2.45) is 0 Å². The Morgan fingerprint density at radius 3 is 1.67 bits per heavy atom. The molecule has 34 valence electrons. The van der Waals surface area contributed by atoms with E-state index in [2.05, 4.69) is 0 Å². The van der Waals surface area contributed by atoms with Crippen molar-refractivity contribution in [2.75, 3.05) is 6.66 Å². The largest absolute Gasteiger partial charge is 1.00 e. The van der Waals surface area contributed by atoms with E-state index in [1.807, 2.05) is 0 Å². The van der Waals surface area contributed by atoms with E-state index in [1.54, 1.807) is 0 Å². The first kappa shape index (κ1) is 10.2. The molecule has 0 fully saturated rings. The Morgan fingerprint density at radius 2 is 1.67 bits per heavy atom. The smallest absolute Gasteiger partial charge is 1.00 e. The zero-order chi connectivity index (χ0) is 4.50. The molecule has 0 unspecified atom stereocenters. The van der Waals surface area contributed by atoms with Crippen molar-refractivity contribution in [1.29, 1.82) is 0 Å². The molecule has 0 saturated heterocycles. The summed E-state index contributed by atoms with van der Waals surface area (Å²) < 4.78 is 9.33. The summed E-state index contributed by atoms with van der Waals surface area (Å²) in [5.41, 5.74) is 0. The fourth-order valence-corrected chi connectivity index (χ4v) is 0. The fourth-order valence-electron chi connectivity index (χ4n) is 0. The molecule has 2 N–H and O–H groups in total. The Bertz CT molecular complexity index is 61.1. The Morgan fingerprint density at radius 1 is 1.67 bits per heavy atom. The fraction of sp³-hybridized carbons (Fsp3) is 1.00. The van der Waals surface area contributed by atoms with Gasteiger partial charge in [-0.05, 0) is 0 Å². The molecule has 0 aromatic heterocycles. The summed E-state index contributed by atoms with van der Waals surface area (Å²) in [6, 6.07) is 0. The summed E-state index contributed by atoms with van der Waals surface area (Å²) in [5.74, 6) is 0. The van der Waals surface area contributed by atoms with E-state index in [-0.39, 0.29) is 31.0 Å². The zero-order valence-corrected chi connectivity index (χ0v) is 6.64. The number of hydrogen-bond acceptors (Lipinski definition) is 1. The Kier molecular flexibility index (Phi) is 5.42. The van der Waals surface area contributed by atoms with Gasteiger partial charge in [-0.15, -0.1) is 0 Å². The van der Waals surface area contributed by atoms with Crippen LogP contribution in [0.1, 0.15) is 1.43 Å². The van der Waals surface area contributed by atoms with E-state index in [1.165, 1.54) is 0 Å². The van der Waals surface area contributed by atoms with Gasteiger partial charge in [0.1, 0.15) is 0 Å². The van der Waals surface area contributed by atoms with Gasteiger partial charge in [0.05, 0.1) is 0 Å². The van der Waals surface area contributed by atoms with E-state index < -0.39 is 7.60 Å². The van der Waals surface area contributed by atoms with E-state index in [4.69, 9.17) is 9.79 Å². The van der Waals surface area contributed by atoms with Gasteiger partial charge in [-0.25, -0.2) is 0 Å². The average molecular weight is 120 g/mol. The average Bonchev–Trinajstić information content (AvgIpc) is 0.722. The predicted octanol–water partition coefficient (Wildman–Crippen LogP) is -3.09. The van der Waals surface area contributed by atoms with Gasteiger partial charge in [0.25, 0.3) is 0 Å². The van der Waals surface area contributed by atoms with Crippen LogP contribution in [0.3, 0.4) is 0 Å². The van der Waals surface area contributed by atoms with Crippen LogP contribution in [0.25, 0.3) is 0 Å². The molecule has 6 heavy (non-hydrogen) atoms. The van der Waals surface area contributed by atoms with Crippen molar-refractivity contribution in [2.45, 2.75) is 0 Å². The predicted molar refractivity (Wildman–Crippen MR) is 19.1 cm³/mol. The van der Waals surface area contributed by atoms with Crippen molar-refractivity contribution in [1.82, 2.24) is 0 Å². The molecule has 0 aliphatic carbocycles. The van der Waals surface area contributed by atoms with Crippen LogP contribution in [0, 0.1) is 0 Å². The quantitative estimate of drug-likeness (QED) is 0.263. The minimum Gasteiger partial charge on any atom is -1.00 e. The van der Waals surface area contributed by atoms with Gasteiger partial charge in [-0.3, -0.25) is 4.57 Å². The third-order valence-electron chi connectivity index (χ3n) is 0. The van der Waals surface area contributed by atoms with E-state index in [0.717, 1.165) is 6.66 Å². The molecular formula is CH6NaO3P. The van der Waals surface area contributed by atoms with Gasteiger partial charge in [-0.1, -0.05) is 0 Å². The molecule has 5 heteroatoms. The molecule has 0 amide bonds. The molecule has 0 rings (SSSR count). The molecule has 0 aromatic carbocycles. The molecule has 0 aromatic rings. The van der Waals surface area contributed by atoms with Gasteiger partial charge in [-0.2, -0.15) is 0 Å². The molecule has 0 aliphatic heterocycles. The van der Waals surface area contributed by atoms with E-state index in [9.17, 15) is 4.57 Å². The number of hydrogen-bond donors (Lipinski definition) is 2. The molecule has 0 aliphatic rings. The molecule has 0 bridgehead atoms. The van der Waals surface area contributed by atoms with Crippen LogP contribution in [0.2, 0.25) is 0 Å². The molecule has 3 nitrogen and oxygen atoms in total. The summed E-state index contributed by atoms with van der Waals surface area (Å²) in [7, 11) is -3.64. The minimum atomic E-state index is -3.64. The zero-order valence-electron chi connectivity index (χ0n) is 4.75. The van der Waals surface area contributed by atoms with Gasteiger partial charge in [0.2, 0.25) is 0 Å². The summed E-state index contributed by atoms with van der Waals surface area (Å²) >= 11 is 0. The SMILES string of the molecule is CP(=O)(O)O.[H-].[Na+]. The van der Waals surface area contributed by atoms with Crippen LogP contribution < -0.4 is 29.6 Å². The van der Waals surface area contributed by atoms with Gasteiger partial charge in [0, 0.05) is 6.66 Å². The van der Waals surface area contributed by atoms with Crippen LogP contribution in [0.4, 0.5) is 0 Å². The molecule has 0 heterocycles. The second kappa shape index (κ2) is 3.19. The Balaban J connectivity index is -0.0000000800. The van der Waals surface area contributed by atoms with Crippen LogP contribution in [-0.2, 0) is 4.57 Å². The van der Waals surface area contributed by atoms with Crippen LogP contribution >= 0.6 is 7.60 Å². The van der Waals surface area contributed by atoms with E-state index in [0.29, 0.717) is 0 Å². The summed E-state index contributed by atoms with van der Waals surface area (Å²) in [4.78, 5) is 15.3. The first-order valence-corrected chi connectivity index (χ1v) is 3.09. The maximum atomic E-state index is 9.33. The van der Waals surface area contributed by atoms with Crippen molar-refractivity contribution in [3.05, 3.63) is 0 Å². The van der Waals surface area contributed by atoms with Crippen LogP contribution in [0.15, 0.2) is 0 Å². The first-order valence-electron chi connectivity index (χ1n) is 1.03. The van der Waals surface area contributed by atoms with Crippen LogP contribution in [0.5, 0.6) is 0 Å². The molecule has 0 spiro atoms. The normalized spacial score (nSPS) is 9.83. The summed E-state index contributed by atoms with van der Waals surface area (Å²) in [6.45, 7) is 0.854. The molecule has 0 radical (unpaired) electrons. The van der Waals surface area contributed by atoms with Crippen molar-refractivity contribution < 1.29 is 45.3 Å².